The van der Waals surface area contributed by atoms with Crippen molar-refractivity contribution in [3.05, 3.63) is 0 Å². The van der Waals surface area contributed by atoms with Crippen molar-refractivity contribution in [3.8, 4) is 0 Å². The van der Waals surface area contributed by atoms with E-state index in [1.54, 1.807) is 0 Å². The van der Waals surface area contributed by atoms with Crippen LogP contribution in [0, 0.1) is 0 Å². The standard InChI is InChI=1S/C14H33N3O5.C12H29N3O4/c15-1-7-19-11-13-21-9-4-17(3-6-18)5-10-22-14-12-20-8-2-16;13-1-5-16-9-11-18-7-3-15-4-8-19-12-10-17-6-2-14/h18H,1-16H2;15H,1-14H2. The van der Waals surface area contributed by atoms with Crippen LogP contribution in [0.15, 0.2) is 0 Å². The lowest BCUT2D eigenvalue weighted by atomic mass is 10.4. The molecule has 0 fully saturated rings. The minimum absolute atomic E-state index is 0.124. The monoisotopic (exact) mass is 602 g/mol. The van der Waals surface area contributed by atoms with Crippen molar-refractivity contribution < 1.29 is 43.0 Å². The lowest BCUT2D eigenvalue weighted by Crippen LogP contribution is -2.34. The van der Waals surface area contributed by atoms with Crippen molar-refractivity contribution >= 4 is 0 Å². The average Bonchev–Trinajstić information content (AvgIpc) is 2.98. The first-order chi connectivity index (χ1) is 20.3. The van der Waals surface area contributed by atoms with Crippen LogP contribution in [0.4, 0.5) is 0 Å². The summed E-state index contributed by atoms with van der Waals surface area (Å²) in [5, 5.41) is 12.3. The molecule has 0 aromatic carbocycles. The first-order valence-corrected chi connectivity index (χ1v) is 14.7. The van der Waals surface area contributed by atoms with Crippen LogP contribution in [0.5, 0.6) is 0 Å². The van der Waals surface area contributed by atoms with Crippen LogP contribution in [-0.2, 0) is 37.9 Å². The van der Waals surface area contributed by atoms with Crippen LogP contribution in [0.1, 0.15) is 0 Å². The number of hydrogen-bond donors (Lipinski definition) is 6. The van der Waals surface area contributed by atoms with Crippen molar-refractivity contribution in [2.24, 2.45) is 22.9 Å². The molecule has 15 heteroatoms. The molecule has 0 aliphatic carbocycles. The van der Waals surface area contributed by atoms with Crippen molar-refractivity contribution in [3.63, 3.8) is 0 Å². The molecule has 0 aliphatic heterocycles. The third-order valence-corrected chi connectivity index (χ3v) is 4.90. The first kappa shape index (κ1) is 42.5. The molecule has 0 atom stereocenters. The van der Waals surface area contributed by atoms with Crippen LogP contribution >= 0.6 is 0 Å². The minimum Gasteiger partial charge on any atom is -0.395 e. The van der Waals surface area contributed by atoms with Crippen molar-refractivity contribution in [2.45, 2.75) is 0 Å². The molecule has 15 nitrogen and oxygen atoms in total. The Hall–Kier alpha value is -0.600. The van der Waals surface area contributed by atoms with Gasteiger partial charge in [0.25, 0.3) is 0 Å². The molecule has 0 aromatic heterocycles. The molecule has 0 rings (SSSR count). The maximum Gasteiger partial charge on any atom is 0.0701 e. The van der Waals surface area contributed by atoms with Gasteiger partial charge < -0.3 is 71.3 Å². The molecule has 41 heavy (non-hydrogen) atoms. The minimum atomic E-state index is 0.124. The molecule has 0 saturated carbocycles. The van der Waals surface area contributed by atoms with Gasteiger partial charge in [0.05, 0.1) is 112 Å². The van der Waals surface area contributed by atoms with Crippen LogP contribution in [0.25, 0.3) is 0 Å². The zero-order valence-electron chi connectivity index (χ0n) is 25.4. The van der Waals surface area contributed by atoms with Crippen LogP contribution < -0.4 is 28.3 Å². The average molecular weight is 603 g/mol. The maximum absolute atomic E-state index is 9.05. The van der Waals surface area contributed by atoms with Gasteiger partial charge in [-0.25, -0.2) is 0 Å². The van der Waals surface area contributed by atoms with Crippen molar-refractivity contribution in [2.75, 3.05) is 171 Å². The van der Waals surface area contributed by atoms with E-state index in [4.69, 9.17) is 65.9 Å². The zero-order chi connectivity index (χ0) is 30.3. The van der Waals surface area contributed by atoms with Gasteiger partial charge in [-0.2, -0.15) is 0 Å². The number of hydrogen-bond acceptors (Lipinski definition) is 15. The number of nitrogens with one attached hydrogen (secondary N) is 1. The van der Waals surface area contributed by atoms with E-state index in [-0.39, 0.29) is 6.61 Å². The maximum atomic E-state index is 9.05. The molecule has 0 unspecified atom stereocenters. The van der Waals surface area contributed by atoms with Gasteiger partial charge in [0.1, 0.15) is 0 Å². The molecule has 0 saturated heterocycles. The molecule has 0 aliphatic rings. The predicted octanol–water partition coefficient (Wildman–Crippen LogP) is -3.18. The van der Waals surface area contributed by atoms with E-state index < -0.39 is 0 Å². The van der Waals surface area contributed by atoms with E-state index in [0.29, 0.717) is 138 Å². The van der Waals surface area contributed by atoms with Crippen LogP contribution in [0.3, 0.4) is 0 Å². The molecule has 0 bridgehead atoms. The lowest BCUT2D eigenvalue weighted by molar-refractivity contribution is 0.0231. The Labute approximate surface area is 247 Å². The zero-order valence-corrected chi connectivity index (χ0v) is 25.4. The second-order valence-corrected chi connectivity index (χ2v) is 8.37. The van der Waals surface area contributed by atoms with Gasteiger partial charge in [-0.3, -0.25) is 4.90 Å². The summed E-state index contributed by atoms with van der Waals surface area (Å²) in [7, 11) is 0. The Morgan fingerprint density at radius 2 is 0.683 bits per heavy atom. The number of aliphatic hydroxyl groups is 1. The summed E-state index contributed by atoms with van der Waals surface area (Å²) in [6.45, 7) is 15.5. The van der Waals surface area contributed by atoms with Crippen LogP contribution in [-0.4, -0.2) is 181 Å². The fourth-order valence-electron chi connectivity index (χ4n) is 2.90. The molecular weight excluding hydrogens is 540 g/mol. The van der Waals surface area contributed by atoms with E-state index in [0.717, 1.165) is 26.2 Å². The normalized spacial score (nSPS) is 11.3. The smallest absolute Gasteiger partial charge is 0.0701 e. The molecule has 0 aromatic rings. The Morgan fingerprint density at radius 3 is 0.976 bits per heavy atom. The fraction of sp³-hybridized carbons (Fsp3) is 1.00. The number of rotatable bonds is 34. The topological polar surface area (TPSA) is 213 Å². The number of nitrogens with two attached hydrogens (primary N) is 4. The number of aliphatic hydroxyl groups excluding tert-OH is 1. The fourth-order valence-corrected chi connectivity index (χ4v) is 2.90. The molecular formula is C26H62N6O9. The van der Waals surface area contributed by atoms with E-state index in [2.05, 4.69) is 10.2 Å². The van der Waals surface area contributed by atoms with E-state index in [1.807, 2.05) is 0 Å². The summed E-state index contributed by atoms with van der Waals surface area (Å²) in [6.07, 6.45) is 0. The highest BCUT2D eigenvalue weighted by atomic mass is 16.5. The van der Waals surface area contributed by atoms with Gasteiger partial charge in [0.15, 0.2) is 0 Å². The van der Waals surface area contributed by atoms with E-state index in [1.165, 1.54) is 0 Å². The quantitative estimate of drug-likeness (QED) is 0.0401. The highest BCUT2D eigenvalue weighted by Crippen LogP contribution is 1.90. The Kier molecular flexibility index (Phi) is 43.1. The molecule has 250 valence electrons. The van der Waals surface area contributed by atoms with Crippen molar-refractivity contribution in [1.29, 1.82) is 0 Å². The lowest BCUT2D eigenvalue weighted by Gasteiger charge is -2.21. The SMILES string of the molecule is NCCOCCOCCN(CCO)CCOCCOCCN.NCCOCCOCCNCCOCCOCCN. The van der Waals surface area contributed by atoms with Gasteiger partial charge >= 0.3 is 0 Å². The summed E-state index contributed by atoms with van der Waals surface area (Å²) in [5.74, 6) is 0. The Morgan fingerprint density at radius 1 is 0.390 bits per heavy atom. The second kappa shape index (κ2) is 41.5. The third-order valence-electron chi connectivity index (χ3n) is 4.90. The van der Waals surface area contributed by atoms with Gasteiger partial charge in [0.2, 0.25) is 0 Å². The van der Waals surface area contributed by atoms with Gasteiger partial charge in [0, 0.05) is 58.9 Å². The van der Waals surface area contributed by atoms with E-state index >= 15 is 0 Å². The molecule has 0 spiro atoms. The third kappa shape index (κ3) is 41.6. The predicted molar refractivity (Wildman–Crippen MR) is 159 cm³/mol. The summed E-state index contributed by atoms with van der Waals surface area (Å²) in [5.41, 5.74) is 21.2. The van der Waals surface area contributed by atoms with Gasteiger partial charge in [-0.05, 0) is 0 Å². The molecule has 0 radical (unpaired) electrons. The summed E-state index contributed by atoms with van der Waals surface area (Å²) in [6, 6.07) is 0. The number of nitrogens with zero attached hydrogens (tertiary/aromatic N) is 1. The van der Waals surface area contributed by atoms with Crippen molar-refractivity contribution in [1.82, 2.24) is 10.2 Å². The van der Waals surface area contributed by atoms with Crippen LogP contribution in [0.2, 0.25) is 0 Å². The van der Waals surface area contributed by atoms with Gasteiger partial charge in [-0.1, -0.05) is 0 Å². The molecule has 0 heterocycles. The first-order valence-electron chi connectivity index (χ1n) is 14.7. The largest absolute Gasteiger partial charge is 0.395 e. The summed E-state index contributed by atoms with van der Waals surface area (Å²) >= 11 is 0. The van der Waals surface area contributed by atoms with E-state index in [9.17, 15) is 0 Å². The number of ether oxygens (including phenoxy) is 8. The van der Waals surface area contributed by atoms with Gasteiger partial charge in [-0.15, -0.1) is 0 Å². The molecule has 10 N–H and O–H groups in total. The summed E-state index contributed by atoms with van der Waals surface area (Å²) < 4.78 is 42.4. The highest BCUT2D eigenvalue weighted by molar-refractivity contribution is 4.56. The second-order valence-electron chi connectivity index (χ2n) is 8.37. The Balaban J connectivity index is 0. The Bertz CT molecular complexity index is 418. The molecule has 0 amide bonds. The summed E-state index contributed by atoms with van der Waals surface area (Å²) in [4.78, 5) is 2.10. The highest BCUT2D eigenvalue weighted by Gasteiger charge is 2.04.